The molecule has 0 N–H and O–H groups in total. The Labute approximate surface area is 92.6 Å². The van der Waals surface area contributed by atoms with Gasteiger partial charge in [-0.1, -0.05) is 20.4 Å². The van der Waals surface area contributed by atoms with Crippen LogP contribution in [0.5, 0.6) is 0 Å². The highest BCUT2D eigenvalue weighted by atomic mass is 16.5. The topological polar surface area (TPSA) is 38.7 Å². The van der Waals surface area contributed by atoms with Crippen molar-refractivity contribution in [2.45, 2.75) is 27.7 Å². The van der Waals surface area contributed by atoms with E-state index in [0.717, 1.165) is 0 Å². The summed E-state index contributed by atoms with van der Waals surface area (Å²) < 4.78 is 4.83. The highest BCUT2D eigenvalue weighted by molar-refractivity contribution is 5.97. The van der Waals surface area contributed by atoms with E-state index in [4.69, 9.17) is 4.74 Å². The van der Waals surface area contributed by atoms with Crippen LogP contribution >= 0.6 is 0 Å². The molecule has 0 aromatic rings. The van der Waals surface area contributed by atoms with E-state index in [1.54, 1.807) is 33.2 Å². The van der Waals surface area contributed by atoms with E-state index in [-0.39, 0.29) is 5.97 Å². The summed E-state index contributed by atoms with van der Waals surface area (Å²) in [6.07, 6.45) is 3.14. The molecule has 0 spiro atoms. The molecule has 0 saturated heterocycles. The van der Waals surface area contributed by atoms with Crippen LogP contribution in [0, 0.1) is 0 Å². The summed E-state index contributed by atoms with van der Waals surface area (Å²) in [5.41, 5.74) is 1.14. The van der Waals surface area contributed by atoms with Crippen molar-refractivity contribution in [2.24, 2.45) is 4.99 Å². The minimum Gasteiger partial charge on any atom is -0.462 e. The molecule has 0 radical (unpaired) electrons. The van der Waals surface area contributed by atoms with Crippen molar-refractivity contribution in [1.29, 1.82) is 0 Å². The zero-order chi connectivity index (χ0) is 12.3. The first-order valence-corrected chi connectivity index (χ1v) is 5.09. The van der Waals surface area contributed by atoms with Gasteiger partial charge < -0.3 is 4.74 Å². The summed E-state index contributed by atoms with van der Waals surface area (Å²) in [5.74, 6) is -0.352. The number of carbonyl (C=O) groups excluding carboxylic acids is 1. The maximum atomic E-state index is 11.3. The second-order valence-corrected chi connectivity index (χ2v) is 2.49. The molecule has 0 atom stereocenters. The first-order valence-electron chi connectivity index (χ1n) is 5.09. The molecule has 0 bridgehead atoms. The van der Waals surface area contributed by atoms with Gasteiger partial charge in [0.05, 0.1) is 12.2 Å². The largest absolute Gasteiger partial charge is 0.462 e. The Balaban J connectivity index is 0. The van der Waals surface area contributed by atoms with Crippen LogP contribution in [0.1, 0.15) is 27.7 Å². The molecular formula is C12H21NO2. The zero-order valence-corrected chi connectivity index (χ0v) is 10.3. The van der Waals surface area contributed by atoms with Gasteiger partial charge in [0.2, 0.25) is 0 Å². The van der Waals surface area contributed by atoms with Gasteiger partial charge in [-0.05, 0) is 25.5 Å². The van der Waals surface area contributed by atoms with Crippen molar-refractivity contribution >= 4 is 12.2 Å². The van der Waals surface area contributed by atoms with E-state index < -0.39 is 0 Å². The third-order valence-electron chi connectivity index (χ3n) is 1.35. The van der Waals surface area contributed by atoms with E-state index >= 15 is 0 Å². The molecule has 0 unspecified atom stereocenters. The van der Waals surface area contributed by atoms with Crippen molar-refractivity contribution in [3.8, 4) is 0 Å². The number of esters is 1. The molecule has 15 heavy (non-hydrogen) atoms. The van der Waals surface area contributed by atoms with Crippen LogP contribution in [-0.2, 0) is 9.53 Å². The summed E-state index contributed by atoms with van der Waals surface area (Å²) in [5, 5.41) is 0. The van der Waals surface area contributed by atoms with Gasteiger partial charge >= 0.3 is 5.97 Å². The molecule has 0 aromatic heterocycles. The Morgan fingerprint density at radius 2 is 2.00 bits per heavy atom. The SMILES string of the molecule is C=C(C)/C(=C\C=NC)C(=O)OCC.CC. The van der Waals surface area contributed by atoms with Gasteiger partial charge in [0.15, 0.2) is 0 Å². The summed E-state index contributed by atoms with van der Waals surface area (Å²) in [6.45, 7) is 11.6. The van der Waals surface area contributed by atoms with Crippen LogP contribution in [-0.4, -0.2) is 25.8 Å². The van der Waals surface area contributed by atoms with Gasteiger partial charge in [-0.25, -0.2) is 4.79 Å². The number of nitrogens with zero attached hydrogens (tertiary/aromatic N) is 1. The lowest BCUT2D eigenvalue weighted by molar-refractivity contribution is -0.138. The molecule has 0 aliphatic carbocycles. The Kier molecular flexibility index (Phi) is 11.5. The molecular weight excluding hydrogens is 190 g/mol. The van der Waals surface area contributed by atoms with Gasteiger partial charge in [-0.15, -0.1) is 0 Å². The molecule has 0 aromatic carbocycles. The minimum atomic E-state index is -0.352. The van der Waals surface area contributed by atoms with Gasteiger partial charge in [0.25, 0.3) is 0 Å². The number of hydrogen-bond acceptors (Lipinski definition) is 3. The molecule has 0 heterocycles. The fourth-order valence-electron chi connectivity index (χ4n) is 0.742. The second kappa shape index (κ2) is 10.7. The van der Waals surface area contributed by atoms with Crippen LogP contribution in [0.15, 0.2) is 28.8 Å². The van der Waals surface area contributed by atoms with Crippen LogP contribution in [0.2, 0.25) is 0 Å². The van der Waals surface area contributed by atoms with Gasteiger partial charge in [0.1, 0.15) is 0 Å². The third kappa shape index (κ3) is 7.67. The molecule has 3 heteroatoms. The Morgan fingerprint density at radius 1 is 1.47 bits per heavy atom. The third-order valence-corrected chi connectivity index (χ3v) is 1.35. The summed E-state index contributed by atoms with van der Waals surface area (Å²) in [4.78, 5) is 15.0. The minimum absolute atomic E-state index is 0.352. The van der Waals surface area contributed by atoms with Crippen LogP contribution < -0.4 is 0 Å². The summed E-state index contributed by atoms with van der Waals surface area (Å²) >= 11 is 0. The van der Waals surface area contributed by atoms with Crippen molar-refractivity contribution in [2.75, 3.05) is 13.7 Å². The van der Waals surface area contributed by atoms with Gasteiger partial charge in [-0.2, -0.15) is 0 Å². The number of aliphatic imine (C=N–C) groups is 1. The smallest absolute Gasteiger partial charge is 0.338 e. The second-order valence-electron chi connectivity index (χ2n) is 2.49. The maximum Gasteiger partial charge on any atom is 0.338 e. The van der Waals surface area contributed by atoms with Crippen molar-refractivity contribution < 1.29 is 9.53 Å². The maximum absolute atomic E-state index is 11.3. The first-order chi connectivity index (χ1) is 7.13. The fourth-order valence-corrected chi connectivity index (χ4v) is 0.742. The molecule has 0 rings (SSSR count). The lowest BCUT2D eigenvalue weighted by atomic mass is 10.1. The van der Waals surface area contributed by atoms with Crippen LogP contribution in [0.3, 0.4) is 0 Å². The van der Waals surface area contributed by atoms with E-state index in [0.29, 0.717) is 17.8 Å². The number of hydrogen-bond donors (Lipinski definition) is 0. The number of rotatable bonds is 4. The standard InChI is InChI=1S/C10H15NO2.C2H6/c1-5-13-10(12)9(8(2)3)6-7-11-4;1-2/h6-7H,2,5H2,1,3-4H3;1-2H3/b9-6+,11-7?;. The van der Waals surface area contributed by atoms with E-state index in [2.05, 4.69) is 11.6 Å². The molecule has 0 aliphatic heterocycles. The van der Waals surface area contributed by atoms with Gasteiger partial charge in [0, 0.05) is 13.3 Å². The first kappa shape index (κ1) is 16.1. The Bertz CT molecular complexity index is 252. The fraction of sp³-hybridized carbons (Fsp3) is 0.500. The van der Waals surface area contributed by atoms with Crippen LogP contribution in [0.4, 0.5) is 0 Å². The van der Waals surface area contributed by atoms with Gasteiger partial charge in [-0.3, -0.25) is 4.99 Å². The summed E-state index contributed by atoms with van der Waals surface area (Å²) in [7, 11) is 1.64. The summed E-state index contributed by atoms with van der Waals surface area (Å²) in [6, 6.07) is 0. The molecule has 86 valence electrons. The number of carbonyl (C=O) groups is 1. The highest BCUT2D eigenvalue weighted by Gasteiger charge is 2.09. The number of ether oxygens (including phenoxy) is 1. The lowest BCUT2D eigenvalue weighted by Gasteiger charge is -2.04. The van der Waals surface area contributed by atoms with Crippen molar-refractivity contribution in [3.63, 3.8) is 0 Å². The quantitative estimate of drug-likeness (QED) is 0.310. The number of allylic oxidation sites excluding steroid dienone is 1. The van der Waals surface area contributed by atoms with Crippen molar-refractivity contribution in [3.05, 3.63) is 23.8 Å². The average molecular weight is 211 g/mol. The molecule has 0 saturated carbocycles. The van der Waals surface area contributed by atoms with E-state index in [1.165, 1.54) is 0 Å². The van der Waals surface area contributed by atoms with Crippen molar-refractivity contribution in [1.82, 2.24) is 0 Å². The molecule has 0 fully saturated rings. The molecule has 0 amide bonds. The monoisotopic (exact) mass is 211 g/mol. The Hall–Kier alpha value is -1.38. The highest BCUT2D eigenvalue weighted by Crippen LogP contribution is 2.07. The average Bonchev–Trinajstić information content (AvgIpc) is 2.21. The predicted octanol–water partition coefficient (Wildman–Crippen LogP) is 2.78. The predicted molar refractivity (Wildman–Crippen MR) is 65.3 cm³/mol. The zero-order valence-electron chi connectivity index (χ0n) is 10.3. The van der Waals surface area contributed by atoms with E-state index in [1.807, 2.05) is 13.8 Å². The Morgan fingerprint density at radius 3 is 2.33 bits per heavy atom. The lowest BCUT2D eigenvalue weighted by Crippen LogP contribution is -2.08. The molecule has 3 nitrogen and oxygen atoms in total. The molecule has 0 aliphatic rings. The van der Waals surface area contributed by atoms with Crippen LogP contribution in [0.25, 0.3) is 0 Å². The normalized spacial score (nSPS) is 10.6. The van der Waals surface area contributed by atoms with E-state index in [9.17, 15) is 4.79 Å².